The Labute approximate surface area is 294 Å². The Kier molecular flexibility index (Phi) is 6.84. The number of hydrogen-bond donors (Lipinski definition) is 1. The van der Waals surface area contributed by atoms with E-state index in [0.717, 1.165) is 46.9 Å². The molecule has 0 bridgehead atoms. The second-order valence-electron chi connectivity index (χ2n) is 12.9. The molecule has 1 aliphatic heterocycles. The van der Waals surface area contributed by atoms with Crippen molar-refractivity contribution >= 4 is 65.7 Å². The summed E-state index contributed by atoms with van der Waals surface area (Å²) in [7, 11) is 0. The quantitative estimate of drug-likeness (QED) is 0.196. The number of nitrogens with one attached hydrogen (secondary N) is 1. The van der Waals surface area contributed by atoms with Gasteiger partial charge in [-0.25, -0.2) is 9.98 Å². The van der Waals surface area contributed by atoms with Gasteiger partial charge in [-0.2, -0.15) is 0 Å². The molecule has 10 rings (SSSR count). The van der Waals surface area contributed by atoms with Crippen molar-refractivity contribution in [1.82, 2.24) is 9.88 Å². The van der Waals surface area contributed by atoms with E-state index in [2.05, 4.69) is 131 Å². The highest BCUT2D eigenvalue weighted by Crippen LogP contribution is 2.43. The van der Waals surface area contributed by atoms with Crippen LogP contribution in [-0.4, -0.2) is 16.2 Å². The van der Waals surface area contributed by atoms with E-state index in [1.54, 1.807) is 0 Å². The van der Waals surface area contributed by atoms with Crippen LogP contribution in [0.5, 0.6) is 0 Å². The molecule has 5 heteroatoms. The molecule has 1 aliphatic carbocycles. The fraction of sp³-hybridized carbons (Fsp3) is 0.0667. The maximum Gasteiger partial charge on any atom is 0.169 e. The zero-order valence-electron chi connectivity index (χ0n) is 27.3. The van der Waals surface area contributed by atoms with Crippen LogP contribution in [-0.2, 0) is 6.42 Å². The van der Waals surface area contributed by atoms with Crippen LogP contribution < -0.4 is 5.32 Å². The van der Waals surface area contributed by atoms with Crippen LogP contribution in [0.3, 0.4) is 0 Å². The standard InChI is InChI=1S/C45H32N4S/c1-3-12-29(13-4-1)43-46-44(30-14-5-2-6-15-30)48-45(47-43)31-22-25-33(26-23-31)49-39-20-9-7-16-35(39)38-28-32(24-27-40(38)49)34-18-11-19-37-36-17-8-10-21-41(36)50-42(34)37/h1-23,25-26,28,45H,24,27H2,(H,46,47,48). The van der Waals surface area contributed by atoms with E-state index in [9.17, 15) is 0 Å². The number of para-hydroxylation sites is 1. The highest BCUT2D eigenvalue weighted by molar-refractivity contribution is 7.26. The average Bonchev–Trinajstić information content (AvgIpc) is 3.74. The zero-order valence-corrected chi connectivity index (χ0v) is 28.1. The number of allylic oxidation sites excluding steroid dienone is 1. The van der Waals surface area contributed by atoms with Crippen molar-refractivity contribution in [2.45, 2.75) is 19.0 Å². The van der Waals surface area contributed by atoms with Crippen LogP contribution in [0.25, 0.3) is 48.4 Å². The molecule has 238 valence electrons. The molecule has 1 N–H and O–H groups in total. The molecule has 2 aromatic heterocycles. The van der Waals surface area contributed by atoms with Gasteiger partial charge in [0.2, 0.25) is 0 Å². The van der Waals surface area contributed by atoms with Crippen LogP contribution in [0.1, 0.15) is 46.1 Å². The summed E-state index contributed by atoms with van der Waals surface area (Å²) in [5, 5.41) is 7.49. The number of thiophene rings is 1. The van der Waals surface area contributed by atoms with Gasteiger partial charge in [0, 0.05) is 53.6 Å². The molecular formula is C45H32N4S. The third-order valence-electron chi connectivity index (χ3n) is 10.00. The van der Waals surface area contributed by atoms with Crippen molar-refractivity contribution in [3.8, 4) is 5.69 Å². The van der Waals surface area contributed by atoms with Gasteiger partial charge in [0.25, 0.3) is 0 Å². The second kappa shape index (κ2) is 11.8. The zero-order chi connectivity index (χ0) is 33.0. The van der Waals surface area contributed by atoms with Crippen LogP contribution >= 0.6 is 11.3 Å². The largest absolute Gasteiger partial charge is 0.324 e. The first kappa shape index (κ1) is 28.9. The van der Waals surface area contributed by atoms with Crippen molar-refractivity contribution < 1.29 is 0 Å². The molecule has 0 atom stereocenters. The second-order valence-corrected chi connectivity index (χ2v) is 14.0. The summed E-state index contributed by atoms with van der Waals surface area (Å²) in [6, 6.07) is 53.8. The van der Waals surface area contributed by atoms with Gasteiger partial charge in [-0.05, 0) is 59.9 Å². The van der Waals surface area contributed by atoms with E-state index in [-0.39, 0.29) is 6.17 Å². The third kappa shape index (κ3) is 4.81. The van der Waals surface area contributed by atoms with Gasteiger partial charge >= 0.3 is 0 Å². The summed E-state index contributed by atoms with van der Waals surface area (Å²) in [6.45, 7) is 0. The molecule has 0 spiro atoms. The number of fused-ring (bicyclic) bond motifs is 6. The minimum absolute atomic E-state index is 0.354. The first-order chi connectivity index (χ1) is 24.8. The molecule has 0 saturated heterocycles. The highest BCUT2D eigenvalue weighted by atomic mass is 32.1. The minimum atomic E-state index is -0.354. The Morgan fingerprint density at radius 2 is 1.22 bits per heavy atom. The van der Waals surface area contributed by atoms with E-state index >= 15 is 0 Å². The van der Waals surface area contributed by atoms with Crippen molar-refractivity contribution in [1.29, 1.82) is 0 Å². The van der Waals surface area contributed by atoms with Crippen LogP contribution in [0.2, 0.25) is 0 Å². The summed E-state index contributed by atoms with van der Waals surface area (Å²) < 4.78 is 5.19. The lowest BCUT2D eigenvalue weighted by Gasteiger charge is -2.22. The molecule has 2 aliphatic rings. The Morgan fingerprint density at radius 1 is 0.580 bits per heavy atom. The fourth-order valence-electron chi connectivity index (χ4n) is 7.61. The summed E-state index contributed by atoms with van der Waals surface area (Å²) in [5.74, 6) is 1.65. The summed E-state index contributed by atoms with van der Waals surface area (Å²) >= 11 is 1.91. The molecule has 0 fully saturated rings. The van der Waals surface area contributed by atoms with E-state index in [1.807, 2.05) is 47.7 Å². The van der Waals surface area contributed by atoms with E-state index in [4.69, 9.17) is 9.98 Å². The monoisotopic (exact) mass is 660 g/mol. The van der Waals surface area contributed by atoms with Gasteiger partial charge in [-0.3, -0.25) is 0 Å². The maximum atomic E-state index is 5.09. The molecule has 0 amide bonds. The van der Waals surface area contributed by atoms with Crippen molar-refractivity contribution in [2.24, 2.45) is 9.98 Å². The number of aliphatic imine (C=N–C) groups is 2. The number of nitrogens with zero attached hydrogens (tertiary/aromatic N) is 3. The lowest BCUT2D eigenvalue weighted by atomic mass is 9.90. The first-order valence-electron chi connectivity index (χ1n) is 17.2. The van der Waals surface area contributed by atoms with Crippen molar-refractivity contribution in [2.75, 3.05) is 0 Å². The van der Waals surface area contributed by atoms with Gasteiger partial charge in [0.05, 0.1) is 5.52 Å². The molecule has 8 aromatic rings. The summed E-state index contributed by atoms with van der Waals surface area (Å²) in [4.78, 5) is 10.2. The van der Waals surface area contributed by atoms with Gasteiger partial charge in [-0.1, -0.05) is 127 Å². The van der Waals surface area contributed by atoms with Crippen molar-refractivity contribution in [3.05, 3.63) is 185 Å². The molecule has 0 unspecified atom stereocenters. The topological polar surface area (TPSA) is 41.7 Å². The molecule has 0 radical (unpaired) electrons. The Hall–Kier alpha value is -6.04. The summed E-state index contributed by atoms with van der Waals surface area (Å²) in [5.41, 5.74) is 11.0. The minimum Gasteiger partial charge on any atom is -0.324 e. The SMILES string of the molecule is C1=C(c2cccc3c2sc2ccccc23)CCc2c1c1ccccc1n2-c1ccc(C2N=C(c3ccccc3)NC(c3ccccc3)=N2)cc1. The predicted octanol–water partition coefficient (Wildman–Crippen LogP) is 11.0. The van der Waals surface area contributed by atoms with E-state index < -0.39 is 0 Å². The predicted molar refractivity (Wildman–Crippen MR) is 211 cm³/mol. The first-order valence-corrected chi connectivity index (χ1v) is 18.0. The number of aromatic nitrogens is 1. The van der Waals surface area contributed by atoms with Crippen LogP contribution in [0.15, 0.2) is 162 Å². The fourth-order valence-corrected chi connectivity index (χ4v) is 8.86. The maximum absolute atomic E-state index is 5.09. The van der Waals surface area contributed by atoms with E-state index in [0.29, 0.717) is 0 Å². The normalized spacial score (nSPS) is 14.7. The van der Waals surface area contributed by atoms with Gasteiger partial charge in [-0.15, -0.1) is 11.3 Å². The van der Waals surface area contributed by atoms with Gasteiger partial charge in [0.1, 0.15) is 11.7 Å². The smallest absolute Gasteiger partial charge is 0.169 e. The lowest BCUT2D eigenvalue weighted by molar-refractivity contribution is 0.755. The van der Waals surface area contributed by atoms with E-state index in [1.165, 1.54) is 53.5 Å². The molecule has 4 nitrogen and oxygen atoms in total. The number of amidine groups is 2. The van der Waals surface area contributed by atoms with Crippen LogP contribution in [0.4, 0.5) is 0 Å². The highest BCUT2D eigenvalue weighted by Gasteiger charge is 2.24. The molecule has 50 heavy (non-hydrogen) atoms. The Balaban J connectivity index is 1.05. The number of hydrogen-bond acceptors (Lipinski definition) is 4. The Bertz CT molecular complexity index is 2600. The number of rotatable bonds is 5. The molecular weight excluding hydrogens is 629 g/mol. The van der Waals surface area contributed by atoms with Gasteiger partial charge in [0.15, 0.2) is 6.17 Å². The van der Waals surface area contributed by atoms with Crippen LogP contribution in [0, 0.1) is 0 Å². The van der Waals surface area contributed by atoms with Crippen molar-refractivity contribution in [3.63, 3.8) is 0 Å². The summed E-state index contributed by atoms with van der Waals surface area (Å²) in [6.07, 6.45) is 4.08. The molecule has 6 aromatic carbocycles. The average molecular weight is 661 g/mol. The lowest BCUT2D eigenvalue weighted by Crippen LogP contribution is -2.35. The molecule has 3 heterocycles. The van der Waals surface area contributed by atoms with Gasteiger partial charge < -0.3 is 9.88 Å². The Morgan fingerprint density at radius 3 is 1.96 bits per heavy atom. The molecule has 0 saturated carbocycles. The number of benzene rings is 6. The third-order valence-corrected chi connectivity index (χ3v) is 11.2.